The number of fused-ring (bicyclic) bond motifs is 6. The average Bonchev–Trinajstić information content (AvgIpc) is 1.75. The molecule has 0 N–H and O–H groups in total. The minimum atomic E-state index is -0.366. The van der Waals surface area contributed by atoms with Crippen LogP contribution in [0.5, 0.6) is 0 Å². The van der Waals surface area contributed by atoms with Gasteiger partial charge in [-0.15, -0.1) is 0 Å². The van der Waals surface area contributed by atoms with Crippen molar-refractivity contribution in [2.24, 2.45) is 0 Å². The fourth-order valence-corrected chi connectivity index (χ4v) is 10.8. The fourth-order valence-electron chi connectivity index (χ4n) is 10.5. The van der Waals surface area contributed by atoms with Gasteiger partial charge in [-0.25, -0.2) is 29.9 Å². The summed E-state index contributed by atoms with van der Waals surface area (Å²) in [5, 5.41) is 6.85. The Hall–Kier alpha value is -9.98. The predicted molar refractivity (Wildman–Crippen MR) is 353 cm³/mol. The molecule has 0 saturated carbocycles. The minimum absolute atomic E-state index is 0.345. The van der Waals surface area contributed by atoms with Crippen LogP contribution in [0.25, 0.3) is 123 Å². The van der Waals surface area contributed by atoms with Crippen molar-refractivity contribution < 1.29 is 9.31 Å². The molecule has 1 saturated heterocycles. The highest BCUT2D eigenvalue weighted by molar-refractivity contribution is 9.10. The van der Waals surface area contributed by atoms with E-state index in [4.69, 9.17) is 34.2 Å². The largest absolute Gasteiger partial charge is 0.495 e. The van der Waals surface area contributed by atoms with Gasteiger partial charge in [0, 0.05) is 71.8 Å². The summed E-state index contributed by atoms with van der Waals surface area (Å²) < 4.78 is 13.6. The predicted octanol–water partition coefficient (Wildman–Crippen LogP) is 17.6. The summed E-state index contributed by atoms with van der Waals surface area (Å²) in [5.74, 6) is 3.98. The molecule has 1 aliphatic rings. The molecule has 0 spiro atoms. The van der Waals surface area contributed by atoms with Crippen LogP contribution in [0, 0.1) is 0 Å². The van der Waals surface area contributed by atoms with Gasteiger partial charge < -0.3 is 9.31 Å². The molecular weight excluding hydrogens is 1120 g/mol. The Balaban J connectivity index is 0.000000125. The van der Waals surface area contributed by atoms with Crippen LogP contribution in [-0.4, -0.2) is 58.2 Å². The van der Waals surface area contributed by atoms with E-state index in [0.717, 1.165) is 86.8 Å². The first-order valence-corrected chi connectivity index (χ1v) is 29.3. The zero-order valence-electron chi connectivity index (χ0n) is 47.8. The second-order valence-electron chi connectivity index (χ2n) is 21.9. The normalized spacial score (nSPS) is 13.2. The van der Waals surface area contributed by atoms with Gasteiger partial charge in [-0.3, -0.25) is 9.97 Å². The third-order valence-electron chi connectivity index (χ3n) is 15.7. The molecule has 0 aliphatic carbocycles. The fraction of sp³-hybridized carbons (Fsp3) is 0.0811. The molecule has 14 aromatic rings. The van der Waals surface area contributed by atoms with E-state index in [1.54, 1.807) is 0 Å². The number of benzene rings is 10. The molecule has 12 heteroatoms. The molecule has 0 radical (unpaired) electrons. The second-order valence-corrected chi connectivity index (χ2v) is 22.8. The summed E-state index contributed by atoms with van der Waals surface area (Å²) in [6.45, 7) is 8.32. The number of hydrogen-bond acceptors (Lipinski definition) is 10. The van der Waals surface area contributed by atoms with Crippen LogP contribution in [0.3, 0.4) is 0 Å². The van der Waals surface area contributed by atoms with Crippen LogP contribution in [-0.2, 0) is 9.31 Å². The molecule has 10 aromatic carbocycles. The second kappa shape index (κ2) is 23.9. The van der Waals surface area contributed by atoms with Gasteiger partial charge in [0.25, 0.3) is 0 Å². The van der Waals surface area contributed by atoms with E-state index in [0.29, 0.717) is 34.9 Å². The van der Waals surface area contributed by atoms with Gasteiger partial charge in [0.1, 0.15) is 0 Å². The van der Waals surface area contributed by atoms with Crippen molar-refractivity contribution in [2.75, 3.05) is 0 Å². The molecule has 1 fully saturated rings. The summed E-state index contributed by atoms with van der Waals surface area (Å²) >= 11 is 3.47. The lowest BCUT2D eigenvalue weighted by molar-refractivity contribution is 0.00578. The van der Waals surface area contributed by atoms with Crippen molar-refractivity contribution >= 4 is 71.9 Å². The number of halogens is 1. The van der Waals surface area contributed by atoms with Crippen molar-refractivity contribution in [3.05, 3.63) is 272 Å². The van der Waals surface area contributed by atoms with E-state index >= 15 is 0 Å². The molecule has 0 unspecified atom stereocenters. The lowest BCUT2D eigenvalue weighted by Crippen LogP contribution is -2.41. The maximum atomic E-state index is 6.26. The quantitative estimate of drug-likeness (QED) is 0.107. The van der Waals surface area contributed by atoms with E-state index in [-0.39, 0.29) is 18.3 Å². The minimum Gasteiger partial charge on any atom is -0.399 e. The third kappa shape index (κ3) is 11.5. The van der Waals surface area contributed by atoms with Gasteiger partial charge in [-0.2, -0.15) is 0 Å². The number of aromatic nitrogens is 8. The first-order chi connectivity index (χ1) is 42.0. The van der Waals surface area contributed by atoms with Crippen LogP contribution in [0.1, 0.15) is 27.7 Å². The topological polar surface area (TPSA) is 122 Å². The van der Waals surface area contributed by atoms with Crippen LogP contribution in [0.15, 0.2) is 272 Å². The molecule has 1 aliphatic heterocycles. The molecule has 5 heterocycles. The molecule has 414 valence electrons. The number of rotatable bonds is 8. The van der Waals surface area contributed by atoms with Gasteiger partial charge in [-0.05, 0) is 85.4 Å². The zero-order chi connectivity index (χ0) is 58.6. The van der Waals surface area contributed by atoms with Crippen molar-refractivity contribution in [3.63, 3.8) is 0 Å². The Bertz CT molecular complexity index is 4580. The highest BCUT2D eigenvalue weighted by Crippen LogP contribution is 2.39. The monoisotopic (exact) mass is 1180 g/mol. The molecule has 86 heavy (non-hydrogen) atoms. The van der Waals surface area contributed by atoms with Crippen LogP contribution in [0.4, 0.5) is 0 Å². The maximum absolute atomic E-state index is 6.26. The Morgan fingerprint density at radius 3 is 1.03 bits per heavy atom. The first kappa shape index (κ1) is 55.2. The standard InChI is InChI=1S/C34H22N4.C21H14BrN3.C19H20BNO2/c1-3-10-24(11-4-1)32-36-33(25-12-5-2-6-13-25)38-34(37-32)26-19-17-23(18-20-26)30-22-27-14-9-21-35-31(27)29-16-8-7-15-28(29)30;22-18-13-11-17(12-14-18)21-24-19(15-7-3-1-4-8-15)23-20(25-21)16-9-5-2-6-10-16;1-18(2)19(3,4)23-20(22-18)16-12-13-8-7-11-21-17(13)15-10-6-5-9-14(15)16/h1-22H;1-14H;5-12H,1-4H3. The van der Waals surface area contributed by atoms with Crippen molar-refractivity contribution in [1.29, 1.82) is 0 Å². The molecule has 0 bridgehead atoms. The van der Waals surface area contributed by atoms with Crippen molar-refractivity contribution in [3.8, 4) is 79.5 Å². The van der Waals surface area contributed by atoms with Crippen LogP contribution >= 0.6 is 15.9 Å². The average molecular weight is 1180 g/mol. The molecule has 15 rings (SSSR count). The summed E-state index contributed by atoms with van der Waals surface area (Å²) in [4.78, 5) is 37.8. The lowest BCUT2D eigenvalue weighted by atomic mass is 9.75. The Morgan fingerprint density at radius 1 is 0.314 bits per heavy atom. The van der Waals surface area contributed by atoms with E-state index in [1.807, 2.05) is 182 Å². The summed E-state index contributed by atoms with van der Waals surface area (Å²) in [7, 11) is -0.366. The Labute approximate surface area is 508 Å². The van der Waals surface area contributed by atoms with Gasteiger partial charge in [0.05, 0.1) is 22.2 Å². The molecular formula is C74H56BBrN8O2. The van der Waals surface area contributed by atoms with Crippen molar-refractivity contribution in [2.45, 2.75) is 38.9 Å². The third-order valence-corrected chi connectivity index (χ3v) is 16.2. The van der Waals surface area contributed by atoms with Crippen molar-refractivity contribution in [1.82, 2.24) is 39.9 Å². The molecule has 4 aromatic heterocycles. The number of nitrogens with zero attached hydrogens (tertiary/aromatic N) is 8. The highest BCUT2D eigenvalue weighted by Gasteiger charge is 2.52. The molecule has 10 nitrogen and oxygen atoms in total. The van der Waals surface area contributed by atoms with E-state index in [1.165, 1.54) is 10.9 Å². The van der Waals surface area contributed by atoms with Gasteiger partial charge in [-0.1, -0.05) is 240 Å². The van der Waals surface area contributed by atoms with Gasteiger partial charge >= 0.3 is 7.12 Å². The first-order valence-electron chi connectivity index (χ1n) is 28.5. The van der Waals surface area contributed by atoms with Gasteiger partial charge in [0.15, 0.2) is 34.9 Å². The lowest BCUT2D eigenvalue weighted by Gasteiger charge is -2.32. The smallest absolute Gasteiger partial charge is 0.399 e. The number of hydrogen-bond donors (Lipinski definition) is 0. The Morgan fingerprint density at radius 2 is 0.628 bits per heavy atom. The van der Waals surface area contributed by atoms with E-state index in [9.17, 15) is 0 Å². The Kier molecular flexibility index (Phi) is 15.4. The molecule has 0 atom stereocenters. The van der Waals surface area contributed by atoms with Gasteiger partial charge in [0.2, 0.25) is 0 Å². The summed E-state index contributed by atoms with van der Waals surface area (Å²) in [6, 6.07) is 85.8. The van der Waals surface area contributed by atoms with Crippen LogP contribution in [0.2, 0.25) is 0 Å². The van der Waals surface area contributed by atoms with E-state index in [2.05, 4.69) is 144 Å². The van der Waals surface area contributed by atoms with E-state index < -0.39 is 0 Å². The maximum Gasteiger partial charge on any atom is 0.495 e. The van der Waals surface area contributed by atoms with Crippen LogP contribution < -0.4 is 5.46 Å². The SMILES string of the molecule is Brc1ccc(-c2nc(-c3ccccc3)nc(-c3ccccc3)n2)cc1.CC1(C)OB(c2cc3cccnc3c3ccccc23)OC1(C)C.c1ccc(-c2nc(-c3ccccc3)nc(-c3ccc(-c4cc5cccnc5c5ccccc45)cc3)n2)cc1. The highest BCUT2D eigenvalue weighted by atomic mass is 79.9. The molecule has 0 amide bonds. The number of pyridine rings is 2. The zero-order valence-corrected chi connectivity index (χ0v) is 49.3. The summed E-state index contributed by atoms with van der Waals surface area (Å²) in [6.07, 6.45) is 3.69. The summed E-state index contributed by atoms with van der Waals surface area (Å²) in [5.41, 5.74) is 10.5.